The zero-order valence-electron chi connectivity index (χ0n) is 18.1. The zero-order chi connectivity index (χ0) is 20.7. The van der Waals surface area contributed by atoms with Gasteiger partial charge in [0.25, 0.3) is 5.91 Å². The second kappa shape index (κ2) is 7.59. The minimum Gasteiger partial charge on any atom is -0.376 e. The maximum atomic E-state index is 13.0. The van der Waals surface area contributed by atoms with Gasteiger partial charge in [-0.05, 0) is 24.3 Å². The summed E-state index contributed by atoms with van der Waals surface area (Å²) in [5.74, 6) is -0.256. The predicted molar refractivity (Wildman–Crippen MR) is 112 cm³/mol. The summed E-state index contributed by atoms with van der Waals surface area (Å²) in [6.45, 7) is 14.4. The number of hydrogen-bond donors (Lipinski definition) is 0. The van der Waals surface area contributed by atoms with Crippen LogP contribution in [0, 0.1) is 0 Å². The Morgan fingerprint density at radius 1 is 1.29 bits per heavy atom. The number of thiazole rings is 1. The van der Waals surface area contributed by atoms with Crippen LogP contribution in [0.5, 0.6) is 0 Å². The molecule has 0 N–H and O–H groups in total. The number of amides is 1. The Balaban J connectivity index is 1.98. The van der Waals surface area contributed by atoms with Crippen molar-refractivity contribution in [3.63, 3.8) is 0 Å². The van der Waals surface area contributed by atoms with Crippen molar-refractivity contribution in [3.05, 3.63) is 33.3 Å². The maximum absolute atomic E-state index is 13.0. The van der Waals surface area contributed by atoms with E-state index < -0.39 is 0 Å². The topological polar surface area (TPSA) is 61.4 Å². The quantitative estimate of drug-likeness (QED) is 0.782. The lowest BCUT2D eigenvalue weighted by Crippen LogP contribution is -2.23. The predicted octanol–water partition coefficient (Wildman–Crippen LogP) is 3.80. The molecule has 0 radical (unpaired) electrons. The van der Waals surface area contributed by atoms with E-state index in [-0.39, 0.29) is 22.8 Å². The van der Waals surface area contributed by atoms with Gasteiger partial charge in [0, 0.05) is 30.1 Å². The molecule has 0 bridgehead atoms. The zero-order valence-corrected chi connectivity index (χ0v) is 18.9. The third-order valence-electron chi connectivity index (χ3n) is 4.95. The summed E-state index contributed by atoms with van der Waals surface area (Å²) in [6.07, 6.45) is 4.47. The summed E-state index contributed by atoms with van der Waals surface area (Å²) in [4.78, 5) is 19.4. The molecule has 0 aromatic carbocycles. The van der Waals surface area contributed by atoms with Crippen molar-refractivity contribution >= 4 is 17.2 Å². The van der Waals surface area contributed by atoms with Crippen molar-refractivity contribution in [2.24, 2.45) is 12.0 Å². The summed E-state index contributed by atoms with van der Waals surface area (Å²) >= 11 is 1.58. The van der Waals surface area contributed by atoms with E-state index in [0.717, 1.165) is 36.5 Å². The van der Waals surface area contributed by atoms with Crippen LogP contribution in [0.1, 0.15) is 75.4 Å². The van der Waals surface area contributed by atoms with Gasteiger partial charge in [0.05, 0.1) is 18.3 Å². The van der Waals surface area contributed by atoms with Gasteiger partial charge in [-0.3, -0.25) is 9.48 Å². The first-order valence-corrected chi connectivity index (χ1v) is 10.7. The van der Waals surface area contributed by atoms with Gasteiger partial charge in [0.15, 0.2) is 4.80 Å². The fourth-order valence-corrected chi connectivity index (χ4v) is 4.19. The van der Waals surface area contributed by atoms with E-state index in [0.29, 0.717) is 5.69 Å². The molecule has 0 aliphatic carbocycles. The molecule has 0 spiro atoms. The van der Waals surface area contributed by atoms with Crippen LogP contribution in [0.3, 0.4) is 0 Å². The Morgan fingerprint density at radius 3 is 2.54 bits per heavy atom. The minimum atomic E-state index is -0.256. The van der Waals surface area contributed by atoms with E-state index in [2.05, 4.69) is 62.4 Å². The van der Waals surface area contributed by atoms with Gasteiger partial charge in [0.2, 0.25) is 0 Å². The molecule has 1 saturated heterocycles. The number of ether oxygens (including phenoxy) is 1. The highest BCUT2D eigenvalue weighted by molar-refractivity contribution is 7.09. The van der Waals surface area contributed by atoms with E-state index in [1.807, 2.05) is 6.07 Å². The molecule has 3 rings (SSSR count). The van der Waals surface area contributed by atoms with E-state index in [1.54, 1.807) is 23.1 Å². The van der Waals surface area contributed by atoms with E-state index in [4.69, 9.17) is 4.74 Å². The van der Waals surface area contributed by atoms with Crippen molar-refractivity contribution in [1.29, 1.82) is 0 Å². The van der Waals surface area contributed by atoms with Crippen LogP contribution in [0.4, 0.5) is 0 Å². The molecule has 1 aliphatic heterocycles. The fraction of sp³-hybridized carbons (Fsp3) is 0.667. The smallest absolute Gasteiger partial charge is 0.297 e. The Hall–Kier alpha value is -1.73. The number of aryl methyl sites for hydroxylation is 1. The van der Waals surface area contributed by atoms with Crippen molar-refractivity contribution in [2.45, 2.75) is 77.9 Å². The summed E-state index contributed by atoms with van der Waals surface area (Å²) < 4.78 is 9.52. The number of rotatable bonds is 3. The van der Waals surface area contributed by atoms with Crippen molar-refractivity contribution in [3.8, 4) is 0 Å². The fourth-order valence-electron chi connectivity index (χ4n) is 3.13. The Bertz CT molecular complexity index is 916. The first-order valence-electron chi connectivity index (χ1n) is 9.91. The molecule has 1 amide bonds. The summed E-state index contributed by atoms with van der Waals surface area (Å²) in [7, 11) is 1.80. The molecule has 1 fully saturated rings. The SMILES string of the molecule is Cn1nc(C(C)(C)C)cc1C(=O)N=c1sc(C(C)(C)C)cn1C[C@H]1CCCO1. The second-order valence-electron chi connectivity index (χ2n) is 9.62. The largest absolute Gasteiger partial charge is 0.376 e. The molecule has 0 unspecified atom stereocenters. The summed E-state index contributed by atoms with van der Waals surface area (Å²) in [5, 5.41) is 4.51. The van der Waals surface area contributed by atoms with Gasteiger partial charge in [-0.15, -0.1) is 11.3 Å². The molecule has 2 aromatic heterocycles. The molecule has 1 aliphatic rings. The highest BCUT2D eigenvalue weighted by Gasteiger charge is 2.24. The number of aromatic nitrogens is 3. The molecule has 154 valence electrons. The third-order valence-corrected chi connectivity index (χ3v) is 6.39. The summed E-state index contributed by atoms with van der Waals surface area (Å²) in [6, 6.07) is 1.86. The highest BCUT2D eigenvalue weighted by atomic mass is 32.1. The van der Waals surface area contributed by atoms with Gasteiger partial charge < -0.3 is 9.30 Å². The van der Waals surface area contributed by atoms with E-state index in [9.17, 15) is 4.79 Å². The molecular formula is C21H32N4O2S. The second-order valence-corrected chi connectivity index (χ2v) is 10.6. The first-order chi connectivity index (χ1) is 12.9. The van der Waals surface area contributed by atoms with Gasteiger partial charge in [-0.1, -0.05) is 41.5 Å². The van der Waals surface area contributed by atoms with Crippen LogP contribution in [-0.4, -0.2) is 33.0 Å². The van der Waals surface area contributed by atoms with Gasteiger partial charge >= 0.3 is 0 Å². The maximum Gasteiger partial charge on any atom is 0.297 e. The number of carbonyl (C=O) groups excluding carboxylic acids is 1. The number of nitrogens with zero attached hydrogens (tertiary/aromatic N) is 4. The minimum absolute atomic E-state index is 0.00566. The summed E-state index contributed by atoms with van der Waals surface area (Å²) in [5.41, 5.74) is 1.30. The van der Waals surface area contributed by atoms with Crippen LogP contribution in [0.15, 0.2) is 17.3 Å². The van der Waals surface area contributed by atoms with Crippen LogP contribution in [-0.2, 0) is 29.2 Å². The Labute approximate surface area is 171 Å². The lowest BCUT2D eigenvalue weighted by Gasteiger charge is -2.15. The van der Waals surface area contributed by atoms with Crippen LogP contribution in [0.25, 0.3) is 0 Å². The normalized spacial score (nSPS) is 18.8. The molecular weight excluding hydrogens is 372 g/mol. The molecule has 2 aromatic rings. The average Bonchev–Trinajstić information content (AvgIpc) is 3.27. The van der Waals surface area contributed by atoms with Gasteiger partial charge in [-0.2, -0.15) is 10.1 Å². The number of hydrogen-bond acceptors (Lipinski definition) is 4. The highest BCUT2D eigenvalue weighted by Crippen LogP contribution is 2.25. The lowest BCUT2D eigenvalue weighted by atomic mass is 9.92. The van der Waals surface area contributed by atoms with Crippen LogP contribution >= 0.6 is 11.3 Å². The van der Waals surface area contributed by atoms with Gasteiger partial charge in [0.1, 0.15) is 5.69 Å². The number of carbonyl (C=O) groups is 1. The van der Waals surface area contributed by atoms with E-state index in [1.165, 1.54) is 4.88 Å². The van der Waals surface area contributed by atoms with Crippen LogP contribution in [0.2, 0.25) is 0 Å². The average molecular weight is 405 g/mol. The molecule has 6 nitrogen and oxygen atoms in total. The van der Waals surface area contributed by atoms with Crippen molar-refractivity contribution in [1.82, 2.24) is 14.3 Å². The molecule has 1 atom stereocenters. The standard InChI is InChI=1S/C21H32N4O2S/c1-20(2,3)16-11-15(24(7)23-16)18(26)22-19-25(12-14-9-8-10-27-14)13-17(28-19)21(4,5)6/h11,13-14H,8-10,12H2,1-7H3/t14-/m1/s1. The van der Waals surface area contributed by atoms with Gasteiger partial charge in [-0.25, -0.2) is 0 Å². The monoisotopic (exact) mass is 404 g/mol. The molecule has 7 heteroatoms. The first kappa shape index (κ1) is 21.0. The van der Waals surface area contributed by atoms with Crippen molar-refractivity contribution < 1.29 is 9.53 Å². The van der Waals surface area contributed by atoms with Crippen molar-refractivity contribution in [2.75, 3.05) is 6.61 Å². The molecule has 3 heterocycles. The molecule has 0 saturated carbocycles. The Morgan fingerprint density at radius 2 is 2.00 bits per heavy atom. The lowest BCUT2D eigenvalue weighted by molar-refractivity contribution is 0.0947. The van der Waals surface area contributed by atoms with E-state index >= 15 is 0 Å². The molecule has 28 heavy (non-hydrogen) atoms. The Kier molecular flexibility index (Phi) is 5.69. The van der Waals surface area contributed by atoms with Crippen LogP contribution < -0.4 is 4.80 Å². The third kappa shape index (κ3) is 4.63.